The average Bonchev–Trinajstić information content (AvgIpc) is 3.00. The molecule has 0 aromatic heterocycles. The zero-order valence-electron chi connectivity index (χ0n) is 23.9. The van der Waals surface area contributed by atoms with Crippen LogP contribution in [-0.4, -0.2) is 46.7 Å². The zero-order chi connectivity index (χ0) is 29.4. The highest BCUT2D eigenvalue weighted by molar-refractivity contribution is 5.80. The number of aliphatic carboxylic acids is 1. The van der Waals surface area contributed by atoms with Crippen molar-refractivity contribution in [2.24, 2.45) is 5.92 Å². The summed E-state index contributed by atoms with van der Waals surface area (Å²) in [5, 5.41) is 21.0. The van der Waals surface area contributed by atoms with E-state index >= 15 is 0 Å². The van der Waals surface area contributed by atoms with Crippen LogP contribution in [0.15, 0.2) is 78.9 Å². The summed E-state index contributed by atoms with van der Waals surface area (Å²) in [6.45, 7) is 5.36. The summed E-state index contributed by atoms with van der Waals surface area (Å²) in [5.41, 5.74) is 4.90. The van der Waals surface area contributed by atoms with Gasteiger partial charge in [0, 0.05) is 37.0 Å². The number of hydrogen-bond donors (Lipinski definition) is 3. The first-order valence-electron chi connectivity index (χ1n) is 14.1. The molecule has 41 heavy (non-hydrogen) atoms. The molecular formula is C33H40N2O6. The number of nitrogens with one attached hydrogen (secondary N) is 1. The molecule has 0 unspecified atom stereocenters. The van der Waals surface area contributed by atoms with Gasteiger partial charge in [0.25, 0.3) is 0 Å². The van der Waals surface area contributed by atoms with Crippen LogP contribution in [0, 0.1) is 5.92 Å². The highest BCUT2D eigenvalue weighted by Crippen LogP contribution is 2.42. The first-order valence-corrected chi connectivity index (χ1v) is 14.1. The molecule has 3 aromatic carbocycles. The number of likely N-dealkylation sites (N-methyl/N-ethyl adjacent to an activating group) is 1. The SMILES string of the molecule is C[C@@H]1[C@H](CN(C)[C@@H](C)c2ccccc2)O[C@H](c2ccc(CNC(=O)CCC(=O)O)cc2)O[C@@H]1c1ccc(CO)cc1. The largest absolute Gasteiger partial charge is 0.481 e. The summed E-state index contributed by atoms with van der Waals surface area (Å²) in [7, 11) is 2.11. The van der Waals surface area contributed by atoms with Crippen LogP contribution in [0.2, 0.25) is 0 Å². The fourth-order valence-electron chi connectivity index (χ4n) is 5.06. The van der Waals surface area contributed by atoms with Gasteiger partial charge in [0.05, 0.1) is 25.2 Å². The van der Waals surface area contributed by atoms with Crippen molar-refractivity contribution in [1.82, 2.24) is 10.2 Å². The Bertz CT molecular complexity index is 1270. The van der Waals surface area contributed by atoms with Crippen LogP contribution < -0.4 is 5.32 Å². The van der Waals surface area contributed by atoms with Crippen molar-refractivity contribution in [2.45, 2.75) is 64.4 Å². The van der Waals surface area contributed by atoms with Gasteiger partial charge < -0.3 is 25.0 Å². The summed E-state index contributed by atoms with van der Waals surface area (Å²) < 4.78 is 13.2. The van der Waals surface area contributed by atoms with Crippen LogP contribution >= 0.6 is 0 Å². The third-order valence-electron chi connectivity index (χ3n) is 7.84. The van der Waals surface area contributed by atoms with Crippen LogP contribution in [0.3, 0.4) is 0 Å². The van der Waals surface area contributed by atoms with Gasteiger partial charge in [-0.1, -0.05) is 85.8 Å². The summed E-state index contributed by atoms with van der Waals surface area (Å²) in [6.07, 6.45) is -1.14. The van der Waals surface area contributed by atoms with Crippen LogP contribution in [0.4, 0.5) is 0 Å². The monoisotopic (exact) mass is 560 g/mol. The predicted octanol–water partition coefficient (Wildman–Crippen LogP) is 5.14. The van der Waals surface area contributed by atoms with Gasteiger partial charge in [-0.25, -0.2) is 0 Å². The van der Waals surface area contributed by atoms with Crippen LogP contribution in [0.5, 0.6) is 0 Å². The lowest BCUT2D eigenvalue weighted by molar-refractivity contribution is -0.276. The van der Waals surface area contributed by atoms with Gasteiger partial charge in [0.2, 0.25) is 5.91 Å². The molecule has 1 fully saturated rings. The van der Waals surface area contributed by atoms with Crippen molar-refractivity contribution in [3.05, 3.63) is 107 Å². The average molecular weight is 561 g/mol. The molecule has 1 amide bonds. The number of aliphatic hydroxyl groups excluding tert-OH is 1. The second kappa shape index (κ2) is 14.4. The summed E-state index contributed by atoms with van der Waals surface area (Å²) >= 11 is 0. The third kappa shape index (κ3) is 8.24. The maximum absolute atomic E-state index is 11.9. The van der Waals surface area contributed by atoms with E-state index in [-0.39, 0.29) is 49.5 Å². The molecule has 8 nitrogen and oxygen atoms in total. The summed E-state index contributed by atoms with van der Waals surface area (Å²) in [5.74, 6) is -1.22. The van der Waals surface area contributed by atoms with E-state index in [9.17, 15) is 14.7 Å². The highest BCUT2D eigenvalue weighted by atomic mass is 16.7. The summed E-state index contributed by atoms with van der Waals surface area (Å²) in [6, 6.07) is 26.2. The van der Waals surface area contributed by atoms with Gasteiger partial charge in [-0.05, 0) is 36.2 Å². The Morgan fingerprint density at radius 3 is 2.17 bits per heavy atom. The van der Waals surface area contributed by atoms with Crippen LogP contribution in [-0.2, 0) is 32.2 Å². The number of benzene rings is 3. The Balaban J connectivity index is 1.50. The molecule has 4 rings (SSSR count). The van der Waals surface area contributed by atoms with E-state index in [4.69, 9.17) is 14.6 Å². The second-order valence-electron chi connectivity index (χ2n) is 10.8. The molecule has 1 heterocycles. The van der Waals surface area contributed by atoms with Crippen molar-refractivity contribution >= 4 is 11.9 Å². The van der Waals surface area contributed by atoms with Gasteiger partial charge in [0.15, 0.2) is 6.29 Å². The minimum absolute atomic E-state index is 0.00967. The van der Waals surface area contributed by atoms with Gasteiger partial charge in [-0.3, -0.25) is 14.5 Å². The van der Waals surface area contributed by atoms with E-state index in [0.29, 0.717) is 13.1 Å². The molecule has 1 saturated heterocycles. The van der Waals surface area contributed by atoms with Crippen molar-refractivity contribution in [3.63, 3.8) is 0 Å². The molecule has 0 spiro atoms. The number of carbonyl (C=O) groups is 2. The van der Waals surface area contributed by atoms with E-state index in [2.05, 4.69) is 55.4 Å². The molecule has 0 bridgehead atoms. The number of carboxylic acids is 1. The first-order chi connectivity index (χ1) is 19.7. The molecule has 218 valence electrons. The van der Waals surface area contributed by atoms with Gasteiger partial charge in [-0.15, -0.1) is 0 Å². The standard InChI is InChI=1S/C33H40N2O6/c1-22-29(20-35(3)23(2)26-7-5-4-6-8-26)40-33(41-32(22)27-13-11-25(21-36)12-14-27)28-15-9-24(10-16-28)19-34-30(37)17-18-31(38)39/h4-16,22-23,29,32-33,36H,17-21H2,1-3H3,(H,34,37)(H,38,39)/t22-,23+,29+,32+,33+/m1/s1. The predicted molar refractivity (Wildman–Crippen MR) is 156 cm³/mol. The molecule has 1 aliphatic rings. The Morgan fingerprint density at radius 2 is 1.54 bits per heavy atom. The van der Waals surface area contributed by atoms with Gasteiger partial charge >= 0.3 is 5.97 Å². The maximum atomic E-state index is 11.9. The molecule has 3 aromatic rings. The number of aliphatic hydroxyl groups is 1. The van der Waals surface area contributed by atoms with E-state index in [1.165, 1.54) is 5.56 Å². The smallest absolute Gasteiger partial charge is 0.303 e. The topological polar surface area (TPSA) is 108 Å². The van der Waals surface area contributed by atoms with E-state index in [1.54, 1.807) is 0 Å². The number of ether oxygens (including phenoxy) is 2. The van der Waals surface area contributed by atoms with Crippen molar-refractivity contribution in [2.75, 3.05) is 13.6 Å². The van der Waals surface area contributed by atoms with Crippen molar-refractivity contribution in [3.8, 4) is 0 Å². The highest BCUT2D eigenvalue weighted by Gasteiger charge is 2.39. The Kier molecular flexibility index (Phi) is 10.7. The molecule has 3 N–H and O–H groups in total. The molecule has 0 radical (unpaired) electrons. The fourth-order valence-corrected chi connectivity index (χ4v) is 5.06. The second-order valence-corrected chi connectivity index (χ2v) is 10.8. The molecule has 5 atom stereocenters. The summed E-state index contributed by atoms with van der Waals surface area (Å²) in [4.78, 5) is 24.9. The van der Waals surface area contributed by atoms with Crippen LogP contribution in [0.1, 0.15) is 72.9 Å². The molecule has 8 heteroatoms. The third-order valence-corrected chi connectivity index (χ3v) is 7.84. The fraction of sp³-hybridized carbons (Fsp3) is 0.394. The lowest BCUT2D eigenvalue weighted by atomic mass is 9.89. The lowest BCUT2D eigenvalue weighted by Crippen LogP contribution is -2.44. The maximum Gasteiger partial charge on any atom is 0.303 e. The van der Waals surface area contributed by atoms with Gasteiger partial charge in [0.1, 0.15) is 0 Å². The number of nitrogens with zero attached hydrogens (tertiary/aromatic N) is 1. The van der Waals surface area contributed by atoms with Crippen molar-refractivity contribution < 1.29 is 29.3 Å². The number of hydrogen-bond acceptors (Lipinski definition) is 6. The minimum Gasteiger partial charge on any atom is -0.481 e. The van der Waals surface area contributed by atoms with E-state index in [1.807, 2.05) is 54.6 Å². The Morgan fingerprint density at radius 1 is 0.902 bits per heavy atom. The van der Waals surface area contributed by atoms with Crippen molar-refractivity contribution in [1.29, 1.82) is 0 Å². The van der Waals surface area contributed by atoms with Gasteiger partial charge in [-0.2, -0.15) is 0 Å². The number of rotatable bonds is 12. The quantitative estimate of drug-likeness (QED) is 0.281. The van der Waals surface area contributed by atoms with Crippen LogP contribution in [0.25, 0.3) is 0 Å². The zero-order valence-corrected chi connectivity index (χ0v) is 23.9. The minimum atomic E-state index is -0.993. The Labute approximate surface area is 241 Å². The van der Waals surface area contributed by atoms with E-state index in [0.717, 1.165) is 22.3 Å². The number of carbonyl (C=O) groups excluding carboxylic acids is 1. The first kappa shape index (κ1) is 30.4. The Hall–Kier alpha value is -3.56. The normalized spacial score (nSPS) is 21.4. The number of amides is 1. The molecular weight excluding hydrogens is 520 g/mol. The molecule has 0 aliphatic carbocycles. The molecule has 1 aliphatic heterocycles. The molecule has 0 saturated carbocycles. The number of carboxylic acid groups (broad SMARTS) is 1. The van der Waals surface area contributed by atoms with E-state index < -0.39 is 12.3 Å². The lowest BCUT2D eigenvalue weighted by Gasteiger charge is -2.43.